The summed E-state index contributed by atoms with van der Waals surface area (Å²) in [6, 6.07) is 10.9. The first-order valence-corrected chi connectivity index (χ1v) is 21.2. The Morgan fingerprint density at radius 1 is 1.02 bits per heavy atom. The zero-order valence-corrected chi connectivity index (χ0v) is 30.9. The number of likely N-dealkylation sites (tertiary alicyclic amines) is 1. The van der Waals surface area contributed by atoms with E-state index in [1.807, 2.05) is 45.0 Å². The number of aliphatic hydroxyl groups is 1. The van der Waals surface area contributed by atoms with E-state index in [0.717, 1.165) is 47.2 Å². The van der Waals surface area contributed by atoms with E-state index < -0.39 is 25.2 Å². The minimum atomic E-state index is -1.45. The summed E-state index contributed by atoms with van der Waals surface area (Å²) in [6.07, 6.45) is 3.37. The molecule has 2 aliphatic heterocycles. The van der Waals surface area contributed by atoms with Gasteiger partial charge in [-0.1, -0.05) is 31.8 Å². The quantitative estimate of drug-likeness (QED) is 0.213. The van der Waals surface area contributed by atoms with Crippen LogP contribution in [0.4, 0.5) is 16.3 Å². The van der Waals surface area contributed by atoms with Crippen LogP contribution in [0, 0.1) is 5.41 Å². The second-order valence-electron chi connectivity index (χ2n) is 16.2. The van der Waals surface area contributed by atoms with Crippen molar-refractivity contribution >= 4 is 42.6 Å². The summed E-state index contributed by atoms with van der Waals surface area (Å²) in [5.74, 6) is 0.495. The molecule has 49 heavy (non-hydrogen) atoms. The highest BCUT2D eigenvalue weighted by molar-refractivity contribution is 6.76. The number of benzene rings is 1. The first-order valence-electron chi connectivity index (χ1n) is 17.5. The average Bonchev–Trinajstić information content (AvgIpc) is 3.40. The van der Waals surface area contributed by atoms with Crippen LogP contribution in [0.15, 0.2) is 36.7 Å². The van der Waals surface area contributed by atoms with Gasteiger partial charge in [-0.05, 0) is 76.3 Å². The molecule has 6 rings (SSSR count). The molecule has 13 heteroatoms. The second-order valence-corrected chi connectivity index (χ2v) is 21.9. The van der Waals surface area contributed by atoms with E-state index in [1.165, 1.54) is 0 Å². The summed E-state index contributed by atoms with van der Waals surface area (Å²) in [5.41, 5.74) is 1.28. The molecule has 0 bridgehead atoms. The molecule has 266 valence electrons. The maximum Gasteiger partial charge on any atom is 0.410 e. The van der Waals surface area contributed by atoms with Gasteiger partial charge in [0.25, 0.3) is 5.91 Å². The number of nitrogens with zero attached hydrogens (tertiary/aromatic N) is 5. The lowest BCUT2D eigenvalue weighted by Crippen LogP contribution is -2.62. The van der Waals surface area contributed by atoms with Crippen molar-refractivity contribution in [2.75, 3.05) is 56.2 Å². The molecule has 1 aliphatic carbocycles. The topological polar surface area (TPSA) is 131 Å². The largest absolute Gasteiger partial charge is 0.444 e. The van der Waals surface area contributed by atoms with E-state index in [9.17, 15) is 14.7 Å². The Kier molecular flexibility index (Phi) is 9.84. The third-order valence-corrected chi connectivity index (χ3v) is 11.6. The average molecular weight is 693 g/mol. The van der Waals surface area contributed by atoms with Gasteiger partial charge in [0.05, 0.1) is 24.3 Å². The summed E-state index contributed by atoms with van der Waals surface area (Å²) in [6.45, 7) is 17.7. The van der Waals surface area contributed by atoms with Gasteiger partial charge in [0.1, 0.15) is 35.7 Å². The first kappa shape index (κ1) is 35.3. The number of fused-ring (bicyclic) bond motifs is 1. The Morgan fingerprint density at radius 2 is 1.69 bits per heavy atom. The van der Waals surface area contributed by atoms with Gasteiger partial charge in [0.2, 0.25) is 0 Å². The van der Waals surface area contributed by atoms with Gasteiger partial charge in [-0.3, -0.25) is 4.79 Å². The smallest absolute Gasteiger partial charge is 0.410 e. The van der Waals surface area contributed by atoms with Crippen LogP contribution in [0.2, 0.25) is 25.7 Å². The molecule has 1 spiro atoms. The molecule has 2 aromatic heterocycles. The number of anilines is 2. The van der Waals surface area contributed by atoms with Crippen LogP contribution in [0.25, 0.3) is 22.3 Å². The van der Waals surface area contributed by atoms with Gasteiger partial charge in [-0.25, -0.2) is 14.8 Å². The molecule has 3 aliphatic rings. The molecule has 1 aromatic carbocycles. The molecule has 3 fully saturated rings. The lowest BCUT2D eigenvalue weighted by molar-refractivity contribution is -0.145. The van der Waals surface area contributed by atoms with Crippen molar-refractivity contribution in [3.8, 4) is 11.3 Å². The number of nitrogens with one attached hydrogen (secondary N) is 1. The van der Waals surface area contributed by atoms with E-state index in [2.05, 4.69) is 50.5 Å². The summed E-state index contributed by atoms with van der Waals surface area (Å²) >= 11 is 0. The maximum absolute atomic E-state index is 13.4. The van der Waals surface area contributed by atoms with Crippen LogP contribution in [0.1, 0.15) is 46.5 Å². The molecule has 0 unspecified atom stereocenters. The summed E-state index contributed by atoms with van der Waals surface area (Å²) in [7, 11) is -1.25. The zero-order chi connectivity index (χ0) is 35.0. The van der Waals surface area contributed by atoms with Crippen molar-refractivity contribution in [3.05, 3.63) is 36.7 Å². The number of amides is 2. The summed E-state index contributed by atoms with van der Waals surface area (Å²) in [4.78, 5) is 39.1. The highest BCUT2D eigenvalue weighted by Gasteiger charge is 2.52. The van der Waals surface area contributed by atoms with Crippen molar-refractivity contribution in [1.29, 1.82) is 0 Å². The van der Waals surface area contributed by atoms with Gasteiger partial charge in [0, 0.05) is 52.0 Å². The predicted octanol–water partition coefficient (Wildman–Crippen LogP) is 5.73. The number of carbonyl (C=O) groups is 2. The van der Waals surface area contributed by atoms with E-state index in [-0.39, 0.29) is 11.5 Å². The molecule has 4 heterocycles. The molecule has 0 atom stereocenters. The van der Waals surface area contributed by atoms with E-state index in [0.29, 0.717) is 71.0 Å². The monoisotopic (exact) mass is 692 g/mol. The van der Waals surface area contributed by atoms with Gasteiger partial charge < -0.3 is 39.0 Å². The highest BCUT2D eigenvalue weighted by atomic mass is 28.3. The lowest BCUT2D eigenvalue weighted by Gasteiger charge is -2.54. The summed E-state index contributed by atoms with van der Waals surface area (Å²) < 4.78 is 19.4. The molecule has 0 radical (unpaired) electrons. The van der Waals surface area contributed by atoms with Crippen molar-refractivity contribution < 1.29 is 28.9 Å². The zero-order valence-electron chi connectivity index (χ0n) is 29.9. The molecule has 3 aromatic rings. The molecule has 2 saturated heterocycles. The fraction of sp³-hybridized carbons (Fsp3) is 0.611. The normalized spacial score (nSPS) is 19.2. The van der Waals surface area contributed by atoms with Crippen LogP contribution in [0.5, 0.6) is 0 Å². The van der Waals surface area contributed by atoms with Gasteiger partial charge >= 0.3 is 6.09 Å². The second kappa shape index (κ2) is 13.7. The van der Waals surface area contributed by atoms with Crippen LogP contribution >= 0.6 is 0 Å². The Morgan fingerprint density at radius 3 is 2.33 bits per heavy atom. The standard InChI is InChI=1S/C36H52N6O6Si/c1-34(2,3)48-33(44)41-22-35(23-41)11-13-36(45,14-12-35)32(43)39-27-9-7-26(8-10-27)29-21-28-30(40-15-17-46-18-16-40)37-24-38-31(28)42(29)25-47-19-20-49(4,5)6/h7-10,21,24,45H,11-20,22-23,25H2,1-6H3,(H,39,43). The Bertz CT molecular complexity index is 1640. The number of rotatable bonds is 9. The number of ether oxygens (including phenoxy) is 3. The van der Waals surface area contributed by atoms with E-state index >= 15 is 0 Å². The van der Waals surface area contributed by atoms with Crippen LogP contribution in [-0.2, 0) is 25.7 Å². The van der Waals surface area contributed by atoms with Crippen LogP contribution in [-0.4, -0.2) is 102 Å². The van der Waals surface area contributed by atoms with Gasteiger partial charge in [-0.15, -0.1) is 0 Å². The minimum absolute atomic E-state index is 0.0616. The SMILES string of the molecule is CC(C)(C)OC(=O)N1CC2(CCC(O)(C(=O)Nc3ccc(-c4cc5c(N6CCOCC6)ncnc5n4COCC[Si](C)(C)C)cc3)CC2)C1. The van der Waals surface area contributed by atoms with Crippen molar-refractivity contribution in [1.82, 2.24) is 19.4 Å². The number of hydrogen-bond donors (Lipinski definition) is 2. The van der Waals surface area contributed by atoms with Crippen LogP contribution < -0.4 is 10.2 Å². The number of aromatic nitrogens is 3. The molecule has 12 nitrogen and oxygen atoms in total. The highest BCUT2D eigenvalue weighted by Crippen LogP contribution is 2.47. The number of carbonyl (C=O) groups excluding carboxylic acids is 2. The Hall–Kier alpha value is -3.52. The molecule has 1 saturated carbocycles. The van der Waals surface area contributed by atoms with Gasteiger partial charge in [-0.2, -0.15) is 0 Å². The fourth-order valence-corrected chi connectivity index (χ4v) is 7.67. The number of hydrogen-bond acceptors (Lipinski definition) is 9. The Balaban J connectivity index is 1.14. The number of morpholine rings is 1. The summed E-state index contributed by atoms with van der Waals surface area (Å²) in [5, 5.41) is 15.3. The van der Waals surface area contributed by atoms with Gasteiger partial charge in [0.15, 0.2) is 0 Å². The molecule has 2 amide bonds. The van der Waals surface area contributed by atoms with Crippen molar-refractivity contribution in [3.63, 3.8) is 0 Å². The maximum atomic E-state index is 13.4. The van der Waals surface area contributed by atoms with Crippen molar-refractivity contribution in [2.24, 2.45) is 5.41 Å². The van der Waals surface area contributed by atoms with E-state index in [4.69, 9.17) is 14.2 Å². The van der Waals surface area contributed by atoms with Crippen molar-refractivity contribution in [2.45, 2.75) is 90.1 Å². The first-order chi connectivity index (χ1) is 23.1. The third-order valence-electron chi connectivity index (χ3n) is 9.90. The minimum Gasteiger partial charge on any atom is -0.444 e. The fourth-order valence-electron chi connectivity index (χ4n) is 6.91. The molecular formula is C36H52N6O6Si. The van der Waals surface area contributed by atoms with Crippen LogP contribution in [0.3, 0.4) is 0 Å². The molecular weight excluding hydrogens is 641 g/mol. The molecule has 2 N–H and O–H groups in total. The third kappa shape index (κ3) is 8.11. The Labute approximate surface area is 290 Å². The lowest BCUT2D eigenvalue weighted by atomic mass is 9.64. The predicted molar refractivity (Wildman–Crippen MR) is 192 cm³/mol. The van der Waals surface area contributed by atoms with E-state index in [1.54, 1.807) is 11.2 Å².